The number of rotatable bonds is 6. The van der Waals surface area contributed by atoms with Gasteiger partial charge in [0.1, 0.15) is 0 Å². The van der Waals surface area contributed by atoms with Crippen molar-refractivity contribution in [1.29, 1.82) is 0 Å². The van der Waals surface area contributed by atoms with Crippen molar-refractivity contribution in [3.05, 3.63) is 59.7 Å². The van der Waals surface area contributed by atoms with Crippen molar-refractivity contribution in [3.63, 3.8) is 0 Å². The molecule has 2 nitrogen and oxygen atoms in total. The summed E-state index contributed by atoms with van der Waals surface area (Å²) in [5, 5.41) is 3.04. The van der Waals surface area contributed by atoms with Gasteiger partial charge in [0, 0.05) is 11.3 Å². The molecule has 0 radical (unpaired) electrons. The molecule has 128 valence electrons. The number of anilines is 1. The molecule has 0 atom stereocenters. The van der Waals surface area contributed by atoms with E-state index in [9.17, 15) is 4.79 Å². The number of nitrogens with one attached hydrogen (secondary N) is 1. The predicted molar refractivity (Wildman–Crippen MR) is 105 cm³/mol. The van der Waals surface area contributed by atoms with Gasteiger partial charge in [-0.1, -0.05) is 64.1 Å². The highest BCUT2D eigenvalue weighted by atomic mass is 32.2. The van der Waals surface area contributed by atoms with Crippen LogP contribution in [0, 0.1) is 0 Å². The van der Waals surface area contributed by atoms with Crippen LogP contribution in [0.25, 0.3) is 0 Å². The van der Waals surface area contributed by atoms with Gasteiger partial charge in [0.15, 0.2) is 0 Å². The number of hydrogen-bond acceptors (Lipinski definition) is 2. The van der Waals surface area contributed by atoms with Crippen LogP contribution in [-0.2, 0) is 16.6 Å². The van der Waals surface area contributed by atoms with Gasteiger partial charge in [0.2, 0.25) is 5.91 Å². The minimum absolute atomic E-state index is 0.0686. The van der Waals surface area contributed by atoms with Crippen molar-refractivity contribution in [1.82, 2.24) is 0 Å². The van der Waals surface area contributed by atoms with Crippen LogP contribution < -0.4 is 5.32 Å². The lowest BCUT2D eigenvalue weighted by atomic mass is 9.86. The van der Waals surface area contributed by atoms with E-state index in [0.717, 1.165) is 22.8 Å². The molecule has 1 amide bonds. The zero-order valence-corrected chi connectivity index (χ0v) is 15.9. The number of carbonyl (C=O) groups is 1. The van der Waals surface area contributed by atoms with E-state index in [4.69, 9.17) is 0 Å². The second kappa shape index (κ2) is 8.39. The van der Waals surface area contributed by atoms with Crippen molar-refractivity contribution in [2.75, 3.05) is 11.1 Å². The highest BCUT2D eigenvalue weighted by molar-refractivity contribution is 7.99. The maximum absolute atomic E-state index is 12.2. The van der Waals surface area contributed by atoms with Crippen LogP contribution in [0.15, 0.2) is 53.4 Å². The molecule has 0 fully saturated rings. The lowest BCUT2D eigenvalue weighted by Crippen LogP contribution is -2.13. The molecule has 2 rings (SSSR count). The van der Waals surface area contributed by atoms with E-state index in [1.54, 1.807) is 11.8 Å². The van der Waals surface area contributed by atoms with Crippen molar-refractivity contribution in [3.8, 4) is 0 Å². The van der Waals surface area contributed by atoms with Crippen LogP contribution in [0.4, 0.5) is 5.69 Å². The fraction of sp³-hybridized carbons (Fsp3) is 0.381. The molecular formula is C21H27NOS. The average Bonchev–Trinajstić information content (AvgIpc) is 2.55. The first-order valence-corrected chi connectivity index (χ1v) is 9.50. The van der Waals surface area contributed by atoms with E-state index in [-0.39, 0.29) is 11.3 Å². The van der Waals surface area contributed by atoms with Crippen LogP contribution in [0.3, 0.4) is 0 Å². The molecular weight excluding hydrogens is 314 g/mol. The second-order valence-corrected chi connectivity index (χ2v) is 8.23. The molecule has 0 aliphatic rings. The molecule has 0 aromatic heterocycles. The molecule has 0 aliphatic carbocycles. The first-order valence-electron chi connectivity index (χ1n) is 8.51. The number of hydrogen-bond donors (Lipinski definition) is 1. The summed E-state index contributed by atoms with van der Waals surface area (Å²) in [5.41, 5.74) is 3.60. The Morgan fingerprint density at radius 1 is 1.04 bits per heavy atom. The van der Waals surface area contributed by atoms with Crippen molar-refractivity contribution < 1.29 is 4.79 Å². The molecule has 0 spiro atoms. The summed E-state index contributed by atoms with van der Waals surface area (Å²) < 4.78 is 0. The van der Waals surface area contributed by atoms with Gasteiger partial charge in [-0.05, 0) is 40.8 Å². The van der Waals surface area contributed by atoms with Crippen molar-refractivity contribution >= 4 is 23.4 Å². The van der Waals surface area contributed by atoms with Crippen LogP contribution in [0.1, 0.15) is 45.2 Å². The largest absolute Gasteiger partial charge is 0.325 e. The Morgan fingerprint density at radius 2 is 1.71 bits per heavy atom. The van der Waals surface area contributed by atoms with Gasteiger partial charge in [-0.25, -0.2) is 0 Å². The molecule has 0 saturated heterocycles. The lowest BCUT2D eigenvalue weighted by Gasteiger charge is -2.19. The molecule has 0 bridgehead atoms. The van der Waals surface area contributed by atoms with Gasteiger partial charge in [-0.2, -0.15) is 0 Å². The zero-order chi connectivity index (χ0) is 17.6. The maximum Gasteiger partial charge on any atom is 0.224 e. The standard InChI is InChI=1S/C21H27NOS/c1-5-24-19-9-7-6-8-18(19)22-20(23)15-12-16-10-13-17(14-11-16)21(2,3)4/h6-11,13-14H,5,12,15H2,1-4H3,(H,22,23). The second-order valence-electron chi connectivity index (χ2n) is 6.92. The molecule has 2 aromatic carbocycles. The number of carbonyl (C=O) groups excluding carboxylic acids is 1. The first kappa shape index (κ1) is 18.6. The van der Waals surface area contributed by atoms with E-state index >= 15 is 0 Å². The van der Waals surface area contributed by atoms with E-state index in [0.29, 0.717) is 6.42 Å². The van der Waals surface area contributed by atoms with Gasteiger partial charge in [-0.3, -0.25) is 4.79 Å². The van der Waals surface area contributed by atoms with Gasteiger partial charge >= 0.3 is 0 Å². The third-order valence-electron chi connectivity index (χ3n) is 3.92. The Bertz CT molecular complexity index is 671. The summed E-state index contributed by atoms with van der Waals surface area (Å²) in [6.07, 6.45) is 1.26. The normalized spacial score (nSPS) is 11.3. The highest BCUT2D eigenvalue weighted by Gasteiger charge is 2.13. The van der Waals surface area contributed by atoms with Gasteiger partial charge in [-0.15, -0.1) is 11.8 Å². The third-order valence-corrected chi connectivity index (χ3v) is 4.88. The fourth-order valence-electron chi connectivity index (χ4n) is 2.49. The summed E-state index contributed by atoms with van der Waals surface area (Å²) in [6, 6.07) is 16.6. The number of benzene rings is 2. The SMILES string of the molecule is CCSc1ccccc1NC(=O)CCc1ccc(C(C)(C)C)cc1. The molecule has 0 aliphatic heterocycles. The Labute approximate surface area is 150 Å². The Hall–Kier alpha value is -1.74. The smallest absolute Gasteiger partial charge is 0.224 e. The summed E-state index contributed by atoms with van der Waals surface area (Å²) in [6.45, 7) is 8.74. The van der Waals surface area contributed by atoms with Gasteiger partial charge < -0.3 is 5.32 Å². The molecule has 2 aromatic rings. The minimum Gasteiger partial charge on any atom is -0.325 e. The average molecular weight is 342 g/mol. The topological polar surface area (TPSA) is 29.1 Å². The Kier molecular flexibility index (Phi) is 6.50. The number of aryl methyl sites for hydroxylation is 1. The fourth-order valence-corrected chi connectivity index (χ4v) is 3.25. The Morgan fingerprint density at radius 3 is 2.33 bits per heavy atom. The summed E-state index contributed by atoms with van der Waals surface area (Å²) in [4.78, 5) is 13.4. The molecule has 0 heterocycles. The predicted octanol–water partition coefficient (Wildman–Crippen LogP) is 5.67. The first-order chi connectivity index (χ1) is 11.4. The molecule has 3 heteroatoms. The van der Waals surface area contributed by atoms with E-state index in [1.807, 2.05) is 18.2 Å². The van der Waals surface area contributed by atoms with Crippen LogP contribution >= 0.6 is 11.8 Å². The number of para-hydroxylation sites is 1. The Balaban J connectivity index is 1.92. The van der Waals surface area contributed by atoms with Crippen LogP contribution in [0.5, 0.6) is 0 Å². The minimum atomic E-state index is 0.0686. The monoisotopic (exact) mass is 341 g/mol. The summed E-state index contributed by atoms with van der Waals surface area (Å²) >= 11 is 1.75. The number of amides is 1. The molecule has 0 unspecified atom stereocenters. The number of thioether (sulfide) groups is 1. The van der Waals surface area contributed by atoms with E-state index in [1.165, 1.54) is 11.1 Å². The van der Waals surface area contributed by atoms with E-state index < -0.39 is 0 Å². The quantitative estimate of drug-likeness (QED) is 0.686. The highest BCUT2D eigenvalue weighted by Crippen LogP contribution is 2.27. The lowest BCUT2D eigenvalue weighted by molar-refractivity contribution is -0.116. The van der Waals surface area contributed by atoms with Crippen LogP contribution in [-0.4, -0.2) is 11.7 Å². The molecule has 24 heavy (non-hydrogen) atoms. The van der Waals surface area contributed by atoms with Gasteiger partial charge in [0.25, 0.3) is 0 Å². The van der Waals surface area contributed by atoms with Crippen molar-refractivity contribution in [2.45, 2.75) is 50.8 Å². The maximum atomic E-state index is 12.2. The summed E-state index contributed by atoms with van der Waals surface area (Å²) in [5.74, 6) is 1.06. The molecule has 1 N–H and O–H groups in total. The molecule has 0 saturated carbocycles. The van der Waals surface area contributed by atoms with Crippen LogP contribution in [0.2, 0.25) is 0 Å². The van der Waals surface area contributed by atoms with Crippen molar-refractivity contribution in [2.24, 2.45) is 0 Å². The summed E-state index contributed by atoms with van der Waals surface area (Å²) in [7, 11) is 0. The zero-order valence-electron chi connectivity index (χ0n) is 15.1. The third kappa shape index (κ3) is 5.41. The van der Waals surface area contributed by atoms with E-state index in [2.05, 4.69) is 63.3 Å². The van der Waals surface area contributed by atoms with Gasteiger partial charge in [0.05, 0.1) is 5.69 Å².